The van der Waals surface area contributed by atoms with Crippen LogP contribution in [0.1, 0.15) is 6.92 Å². The van der Waals surface area contributed by atoms with E-state index in [-0.39, 0.29) is 0 Å². The fraction of sp³-hybridized carbons (Fsp3) is 0.222. The lowest BCUT2D eigenvalue weighted by molar-refractivity contribution is -0.132. The zero-order valence-electron chi connectivity index (χ0n) is 7.28. The minimum absolute atomic E-state index is 0.364. The summed E-state index contributed by atoms with van der Waals surface area (Å²) in [6.07, 6.45) is 1.65. The van der Waals surface area contributed by atoms with Crippen LogP contribution >= 0.6 is 11.3 Å². The lowest BCUT2D eigenvalue weighted by Crippen LogP contribution is -2.02. The van der Waals surface area contributed by atoms with Gasteiger partial charge in [-0.1, -0.05) is 6.08 Å². The molecule has 0 radical (unpaired) electrons. The van der Waals surface area contributed by atoms with Crippen LogP contribution in [0.25, 0.3) is 0 Å². The molecule has 4 heteroatoms. The summed E-state index contributed by atoms with van der Waals surface area (Å²) in [4.78, 5) is 10.4. The molecule has 1 rings (SSSR count). The van der Waals surface area contributed by atoms with Crippen molar-refractivity contribution in [1.82, 2.24) is 0 Å². The standard InChI is InChI=1S/C9H11NO2S/c1-7(9(11)12)2-4-10-8-3-5-13-6-8/h2-3,5-6,10H,4H2,1H3,(H,11,12)/b7-2-. The van der Waals surface area contributed by atoms with Gasteiger partial charge in [0.1, 0.15) is 0 Å². The highest BCUT2D eigenvalue weighted by Gasteiger charge is 1.97. The van der Waals surface area contributed by atoms with Crippen molar-refractivity contribution >= 4 is 23.0 Å². The Hall–Kier alpha value is -1.29. The van der Waals surface area contributed by atoms with Crippen molar-refractivity contribution in [1.29, 1.82) is 0 Å². The first kappa shape index (κ1) is 9.80. The molecule has 0 aliphatic carbocycles. The first-order chi connectivity index (χ1) is 6.20. The fourth-order valence-corrected chi connectivity index (χ4v) is 1.39. The van der Waals surface area contributed by atoms with E-state index in [4.69, 9.17) is 5.11 Å². The molecule has 2 N–H and O–H groups in total. The summed E-state index contributed by atoms with van der Waals surface area (Å²) in [5.74, 6) is -0.868. The number of carbonyl (C=O) groups is 1. The number of carboxylic acid groups (broad SMARTS) is 1. The summed E-state index contributed by atoms with van der Waals surface area (Å²) in [5.41, 5.74) is 1.39. The number of nitrogens with one attached hydrogen (secondary N) is 1. The van der Waals surface area contributed by atoms with Crippen LogP contribution in [0.2, 0.25) is 0 Å². The molecule has 0 spiro atoms. The van der Waals surface area contributed by atoms with Crippen molar-refractivity contribution in [3.8, 4) is 0 Å². The molecule has 0 aromatic carbocycles. The van der Waals surface area contributed by atoms with Crippen LogP contribution in [0.15, 0.2) is 28.5 Å². The highest BCUT2D eigenvalue weighted by Crippen LogP contribution is 2.11. The molecule has 70 valence electrons. The maximum Gasteiger partial charge on any atom is 0.331 e. The second kappa shape index (κ2) is 4.67. The second-order valence-corrected chi connectivity index (χ2v) is 3.37. The minimum Gasteiger partial charge on any atom is -0.478 e. The van der Waals surface area contributed by atoms with Crippen molar-refractivity contribution in [2.75, 3.05) is 11.9 Å². The van der Waals surface area contributed by atoms with Gasteiger partial charge in [-0.3, -0.25) is 0 Å². The van der Waals surface area contributed by atoms with E-state index in [1.165, 1.54) is 0 Å². The molecule has 0 fully saturated rings. The number of carboxylic acids is 1. The van der Waals surface area contributed by atoms with Gasteiger partial charge in [0.15, 0.2) is 0 Å². The summed E-state index contributed by atoms with van der Waals surface area (Å²) in [5, 5.41) is 15.6. The van der Waals surface area contributed by atoms with E-state index in [2.05, 4.69) is 5.32 Å². The largest absolute Gasteiger partial charge is 0.478 e. The van der Waals surface area contributed by atoms with Crippen molar-refractivity contribution in [2.45, 2.75) is 6.92 Å². The summed E-state index contributed by atoms with van der Waals surface area (Å²) < 4.78 is 0. The van der Waals surface area contributed by atoms with Gasteiger partial charge in [0.2, 0.25) is 0 Å². The van der Waals surface area contributed by atoms with Gasteiger partial charge >= 0.3 is 5.97 Å². The highest BCUT2D eigenvalue weighted by atomic mass is 32.1. The summed E-state index contributed by atoms with van der Waals surface area (Å²) in [6.45, 7) is 2.13. The Bertz CT molecular complexity index is 303. The molecule has 13 heavy (non-hydrogen) atoms. The Kier molecular flexibility index (Phi) is 3.52. The molecule has 0 aliphatic heterocycles. The lowest BCUT2D eigenvalue weighted by Gasteiger charge is -1.98. The molecule has 0 saturated carbocycles. The average molecular weight is 197 g/mol. The van der Waals surface area contributed by atoms with E-state index in [1.54, 1.807) is 24.3 Å². The number of aliphatic carboxylic acids is 1. The van der Waals surface area contributed by atoms with Gasteiger partial charge in [-0.05, 0) is 18.4 Å². The monoisotopic (exact) mass is 197 g/mol. The third kappa shape index (κ3) is 3.29. The van der Waals surface area contributed by atoms with Gasteiger partial charge in [-0.2, -0.15) is 11.3 Å². The molecule has 0 unspecified atom stereocenters. The third-order valence-electron chi connectivity index (χ3n) is 1.57. The molecular weight excluding hydrogens is 186 g/mol. The average Bonchev–Trinajstić information content (AvgIpc) is 2.56. The third-order valence-corrected chi connectivity index (χ3v) is 2.26. The zero-order chi connectivity index (χ0) is 9.68. The number of anilines is 1. The predicted octanol–water partition coefficient (Wildman–Crippen LogP) is 2.19. The smallest absolute Gasteiger partial charge is 0.331 e. The quantitative estimate of drug-likeness (QED) is 0.727. The zero-order valence-corrected chi connectivity index (χ0v) is 8.10. The molecule has 0 atom stereocenters. The molecular formula is C9H11NO2S. The van der Waals surface area contributed by atoms with E-state index < -0.39 is 5.97 Å². The minimum atomic E-state index is -0.868. The Morgan fingerprint density at radius 1 is 1.77 bits per heavy atom. The van der Waals surface area contributed by atoms with Crippen LogP contribution in [-0.4, -0.2) is 17.6 Å². The lowest BCUT2D eigenvalue weighted by atomic mass is 10.3. The first-order valence-electron chi connectivity index (χ1n) is 3.86. The molecule has 1 aromatic rings. The maximum absolute atomic E-state index is 10.4. The van der Waals surface area contributed by atoms with Crippen molar-refractivity contribution in [3.05, 3.63) is 28.5 Å². The molecule has 0 bridgehead atoms. The van der Waals surface area contributed by atoms with Crippen molar-refractivity contribution in [2.24, 2.45) is 0 Å². The van der Waals surface area contributed by atoms with E-state index in [9.17, 15) is 4.79 Å². The Balaban J connectivity index is 2.36. The van der Waals surface area contributed by atoms with Crippen LogP contribution in [-0.2, 0) is 4.79 Å². The molecule has 3 nitrogen and oxygen atoms in total. The fourth-order valence-electron chi connectivity index (χ4n) is 0.774. The Morgan fingerprint density at radius 2 is 2.54 bits per heavy atom. The summed E-state index contributed by atoms with van der Waals surface area (Å²) >= 11 is 1.61. The molecule has 0 saturated heterocycles. The van der Waals surface area contributed by atoms with Crippen LogP contribution < -0.4 is 5.32 Å². The van der Waals surface area contributed by atoms with E-state index in [0.717, 1.165) is 5.69 Å². The SMILES string of the molecule is C/C(=C/CNc1ccsc1)C(=O)O. The predicted molar refractivity (Wildman–Crippen MR) is 54.2 cm³/mol. The van der Waals surface area contributed by atoms with Gasteiger partial charge in [0.05, 0.1) is 0 Å². The number of thiophene rings is 1. The van der Waals surface area contributed by atoms with Crippen LogP contribution in [0.4, 0.5) is 5.69 Å². The molecule has 0 aliphatic rings. The number of hydrogen-bond donors (Lipinski definition) is 2. The van der Waals surface area contributed by atoms with Crippen LogP contribution in [0.5, 0.6) is 0 Å². The van der Waals surface area contributed by atoms with E-state index >= 15 is 0 Å². The van der Waals surface area contributed by atoms with Gasteiger partial charge in [-0.15, -0.1) is 0 Å². The molecule has 1 heterocycles. The van der Waals surface area contributed by atoms with Gasteiger partial charge in [0.25, 0.3) is 0 Å². The first-order valence-corrected chi connectivity index (χ1v) is 4.80. The van der Waals surface area contributed by atoms with Crippen molar-refractivity contribution < 1.29 is 9.90 Å². The Labute approximate surface area is 80.7 Å². The van der Waals surface area contributed by atoms with E-state index in [1.807, 2.05) is 16.8 Å². The summed E-state index contributed by atoms with van der Waals surface area (Å²) in [6, 6.07) is 1.95. The second-order valence-electron chi connectivity index (χ2n) is 2.59. The Morgan fingerprint density at radius 3 is 3.08 bits per heavy atom. The topological polar surface area (TPSA) is 49.3 Å². The van der Waals surface area contributed by atoms with Gasteiger partial charge in [0, 0.05) is 23.2 Å². The van der Waals surface area contributed by atoms with Crippen LogP contribution in [0.3, 0.4) is 0 Å². The highest BCUT2D eigenvalue weighted by molar-refractivity contribution is 7.08. The van der Waals surface area contributed by atoms with E-state index in [0.29, 0.717) is 12.1 Å². The maximum atomic E-state index is 10.4. The van der Waals surface area contributed by atoms with Gasteiger partial charge < -0.3 is 10.4 Å². The van der Waals surface area contributed by atoms with Crippen molar-refractivity contribution in [3.63, 3.8) is 0 Å². The normalized spacial score (nSPS) is 11.3. The molecule has 1 aromatic heterocycles. The summed E-state index contributed by atoms with van der Waals surface area (Å²) in [7, 11) is 0. The number of hydrogen-bond acceptors (Lipinski definition) is 3. The van der Waals surface area contributed by atoms with Gasteiger partial charge in [-0.25, -0.2) is 4.79 Å². The molecule has 0 amide bonds. The van der Waals surface area contributed by atoms with Crippen LogP contribution in [0, 0.1) is 0 Å². The number of rotatable bonds is 4.